The molecule has 0 atom stereocenters. The van der Waals surface area contributed by atoms with Gasteiger partial charge in [0.15, 0.2) is 0 Å². The van der Waals surface area contributed by atoms with E-state index in [9.17, 15) is 4.39 Å². The van der Waals surface area contributed by atoms with Gasteiger partial charge in [-0.25, -0.2) is 4.39 Å². The molecule has 4 heteroatoms. The molecular weight excluding hydrogens is 261 g/mol. The lowest BCUT2D eigenvalue weighted by Crippen LogP contribution is -2.16. The van der Waals surface area contributed by atoms with E-state index in [-0.39, 0.29) is 5.82 Å². The van der Waals surface area contributed by atoms with Gasteiger partial charge in [-0.2, -0.15) is 11.8 Å². The van der Waals surface area contributed by atoms with Crippen LogP contribution in [0.25, 0.3) is 0 Å². The minimum Gasteiger partial charge on any atom is -0.464 e. The van der Waals surface area contributed by atoms with E-state index in [2.05, 4.69) is 11.6 Å². The predicted octanol–water partition coefficient (Wildman–Crippen LogP) is 3.61. The molecule has 0 aliphatic carbocycles. The van der Waals surface area contributed by atoms with Crippen LogP contribution in [0.2, 0.25) is 0 Å². The number of benzene rings is 1. The third-order valence-electron chi connectivity index (χ3n) is 2.83. The smallest absolute Gasteiger partial charge is 0.126 e. The number of furan rings is 1. The molecule has 1 aromatic carbocycles. The fraction of sp³-hybridized carbons (Fsp3) is 0.333. The van der Waals surface area contributed by atoms with E-state index in [1.807, 2.05) is 24.3 Å². The molecule has 1 aromatic heterocycles. The van der Waals surface area contributed by atoms with Crippen LogP contribution in [0, 0.1) is 5.82 Å². The maximum atomic E-state index is 13.4. The van der Waals surface area contributed by atoms with Gasteiger partial charge < -0.3 is 9.73 Å². The normalized spacial score (nSPS) is 10.8. The molecule has 0 saturated carbocycles. The standard InChI is InChI=1S/C15H18FNOS/c1-19-11-14-7-6-13(18-14)10-17-9-8-12-4-2-3-5-15(12)16/h2-7,17H,8-11H2,1H3. The molecule has 1 N–H and O–H groups in total. The average Bonchev–Trinajstić information content (AvgIpc) is 2.85. The average molecular weight is 279 g/mol. The zero-order valence-corrected chi connectivity index (χ0v) is 11.8. The van der Waals surface area contributed by atoms with Crippen molar-refractivity contribution in [3.63, 3.8) is 0 Å². The van der Waals surface area contributed by atoms with Gasteiger partial charge in [-0.1, -0.05) is 18.2 Å². The highest BCUT2D eigenvalue weighted by molar-refractivity contribution is 7.97. The van der Waals surface area contributed by atoms with Gasteiger partial charge in [-0.15, -0.1) is 0 Å². The van der Waals surface area contributed by atoms with Crippen molar-refractivity contribution >= 4 is 11.8 Å². The summed E-state index contributed by atoms with van der Waals surface area (Å²) in [7, 11) is 0. The van der Waals surface area contributed by atoms with Gasteiger partial charge in [-0.05, 0) is 43.0 Å². The summed E-state index contributed by atoms with van der Waals surface area (Å²) in [4.78, 5) is 0. The lowest BCUT2D eigenvalue weighted by atomic mass is 10.1. The molecule has 0 amide bonds. The summed E-state index contributed by atoms with van der Waals surface area (Å²) in [6, 6.07) is 10.9. The first-order valence-electron chi connectivity index (χ1n) is 6.30. The van der Waals surface area contributed by atoms with E-state index in [1.54, 1.807) is 17.8 Å². The van der Waals surface area contributed by atoms with E-state index in [4.69, 9.17) is 4.42 Å². The number of hydrogen-bond donors (Lipinski definition) is 1. The molecule has 0 aliphatic heterocycles. The Morgan fingerprint density at radius 1 is 1.16 bits per heavy atom. The van der Waals surface area contributed by atoms with Crippen molar-refractivity contribution in [1.29, 1.82) is 0 Å². The molecule has 0 unspecified atom stereocenters. The van der Waals surface area contributed by atoms with Gasteiger partial charge in [0.1, 0.15) is 17.3 Å². The lowest BCUT2D eigenvalue weighted by Gasteiger charge is -2.04. The maximum absolute atomic E-state index is 13.4. The molecule has 102 valence electrons. The predicted molar refractivity (Wildman–Crippen MR) is 77.7 cm³/mol. The van der Waals surface area contributed by atoms with Crippen LogP contribution in [0.1, 0.15) is 17.1 Å². The second kappa shape index (κ2) is 7.36. The zero-order chi connectivity index (χ0) is 13.5. The molecule has 0 spiro atoms. The van der Waals surface area contributed by atoms with Crippen molar-refractivity contribution in [2.24, 2.45) is 0 Å². The second-order valence-corrected chi connectivity index (χ2v) is 5.19. The van der Waals surface area contributed by atoms with E-state index in [0.717, 1.165) is 29.4 Å². The molecule has 0 aliphatic rings. The van der Waals surface area contributed by atoms with Gasteiger partial charge in [0.25, 0.3) is 0 Å². The van der Waals surface area contributed by atoms with Crippen LogP contribution in [0.5, 0.6) is 0 Å². The van der Waals surface area contributed by atoms with Crippen molar-refractivity contribution in [3.8, 4) is 0 Å². The maximum Gasteiger partial charge on any atom is 0.126 e. The van der Waals surface area contributed by atoms with Crippen LogP contribution < -0.4 is 5.32 Å². The summed E-state index contributed by atoms with van der Waals surface area (Å²) in [6.45, 7) is 1.42. The molecule has 2 nitrogen and oxygen atoms in total. The molecule has 0 radical (unpaired) electrons. The molecule has 2 rings (SSSR count). The highest BCUT2D eigenvalue weighted by atomic mass is 32.2. The minimum atomic E-state index is -0.135. The van der Waals surface area contributed by atoms with Crippen molar-refractivity contribution in [3.05, 3.63) is 59.3 Å². The SMILES string of the molecule is CSCc1ccc(CNCCc2ccccc2F)o1. The fourth-order valence-corrected chi connectivity index (χ4v) is 2.31. The molecular formula is C15H18FNOS. The van der Waals surface area contributed by atoms with Gasteiger partial charge >= 0.3 is 0 Å². The van der Waals surface area contributed by atoms with Crippen LogP contribution >= 0.6 is 11.8 Å². The Morgan fingerprint density at radius 3 is 2.74 bits per heavy atom. The van der Waals surface area contributed by atoms with Crippen LogP contribution in [0.4, 0.5) is 4.39 Å². The lowest BCUT2D eigenvalue weighted by molar-refractivity contribution is 0.460. The first-order chi connectivity index (χ1) is 9.29. The Hall–Kier alpha value is -1.26. The monoisotopic (exact) mass is 279 g/mol. The number of nitrogens with one attached hydrogen (secondary N) is 1. The summed E-state index contributed by atoms with van der Waals surface area (Å²) >= 11 is 1.74. The first-order valence-corrected chi connectivity index (χ1v) is 7.69. The Labute approximate surface area is 117 Å². The third kappa shape index (κ3) is 4.40. The van der Waals surface area contributed by atoms with Crippen molar-refractivity contribution < 1.29 is 8.81 Å². The van der Waals surface area contributed by atoms with Gasteiger partial charge in [0.2, 0.25) is 0 Å². The van der Waals surface area contributed by atoms with Crippen molar-refractivity contribution in [2.75, 3.05) is 12.8 Å². The molecule has 0 bridgehead atoms. The molecule has 2 aromatic rings. The topological polar surface area (TPSA) is 25.2 Å². The van der Waals surface area contributed by atoms with E-state index in [0.29, 0.717) is 13.0 Å². The molecule has 0 fully saturated rings. The minimum absolute atomic E-state index is 0.135. The summed E-state index contributed by atoms with van der Waals surface area (Å²) in [6.07, 6.45) is 2.74. The van der Waals surface area contributed by atoms with E-state index in [1.165, 1.54) is 6.07 Å². The van der Waals surface area contributed by atoms with Gasteiger partial charge in [-0.3, -0.25) is 0 Å². The Bertz CT molecular complexity index is 512. The Balaban J connectivity index is 1.73. The highest BCUT2D eigenvalue weighted by Crippen LogP contribution is 2.13. The van der Waals surface area contributed by atoms with Gasteiger partial charge in [0, 0.05) is 0 Å². The van der Waals surface area contributed by atoms with Crippen molar-refractivity contribution in [1.82, 2.24) is 5.32 Å². The zero-order valence-electron chi connectivity index (χ0n) is 11.0. The highest BCUT2D eigenvalue weighted by Gasteiger charge is 2.02. The summed E-state index contributed by atoms with van der Waals surface area (Å²) in [5, 5.41) is 3.27. The van der Waals surface area contributed by atoms with Crippen LogP contribution in [-0.2, 0) is 18.7 Å². The van der Waals surface area contributed by atoms with E-state index < -0.39 is 0 Å². The molecule has 0 saturated heterocycles. The fourth-order valence-electron chi connectivity index (χ4n) is 1.87. The number of hydrogen-bond acceptors (Lipinski definition) is 3. The van der Waals surface area contributed by atoms with Crippen LogP contribution in [0.3, 0.4) is 0 Å². The largest absolute Gasteiger partial charge is 0.464 e. The number of rotatable bonds is 7. The summed E-state index contributed by atoms with van der Waals surface area (Å²) in [5.41, 5.74) is 0.748. The Morgan fingerprint density at radius 2 is 1.95 bits per heavy atom. The van der Waals surface area contributed by atoms with Crippen LogP contribution in [0.15, 0.2) is 40.8 Å². The number of thioether (sulfide) groups is 1. The van der Waals surface area contributed by atoms with Crippen molar-refractivity contribution in [2.45, 2.75) is 18.7 Å². The van der Waals surface area contributed by atoms with E-state index >= 15 is 0 Å². The van der Waals surface area contributed by atoms with Crippen LogP contribution in [-0.4, -0.2) is 12.8 Å². The summed E-state index contributed by atoms with van der Waals surface area (Å²) in [5.74, 6) is 2.69. The Kier molecular flexibility index (Phi) is 5.48. The summed E-state index contributed by atoms with van der Waals surface area (Å²) < 4.78 is 19.0. The third-order valence-corrected chi connectivity index (χ3v) is 3.41. The quantitative estimate of drug-likeness (QED) is 0.784. The van der Waals surface area contributed by atoms with Gasteiger partial charge in [0.05, 0.1) is 12.3 Å². The number of halogens is 1. The molecule has 19 heavy (non-hydrogen) atoms. The second-order valence-electron chi connectivity index (χ2n) is 4.32. The molecule has 1 heterocycles. The first kappa shape index (κ1) is 14.2.